The zero-order valence-corrected chi connectivity index (χ0v) is 11.9. The van der Waals surface area contributed by atoms with Crippen LogP contribution in [0, 0.1) is 0 Å². The summed E-state index contributed by atoms with van der Waals surface area (Å²) in [4.78, 5) is 23.3. The van der Waals surface area contributed by atoms with Crippen molar-refractivity contribution in [1.29, 1.82) is 0 Å². The van der Waals surface area contributed by atoms with Gasteiger partial charge in [0.15, 0.2) is 6.29 Å². The Bertz CT molecular complexity index is 592. The van der Waals surface area contributed by atoms with E-state index in [-0.39, 0.29) is 11.1 Å². The van der Waals surface area contributed by atoms with Gasteiger partial charge in [-0.25, -0.2) is 4.79 Å². The molecule has 1 aliphatic rings. The molecule has 5 atom stereocenters. The van der Waals surface area contributed by atoms with Gasteiger partial charge in [-0.1, -0.05) is 12.1 Å². The van der Waals surface area contributed by atoms with E-state index in [1.807, 2.05) is 0 Å². The van der Waals surface area contributed by atoms with Crippen molar-refractivity contribution in [3.05, 3.63) is 35.4 Å². The summed E-state index contributed by atoms with van der Waals surface area (Å²) < 4.78 is 4.91. The number of carboxylic acid groups (broad SMARTS) is 1. The fourth-order valence-electron chi connectivity index (χ4n) is 2.35. The number of ether oxygens (including phenoxy) is 1. The van der Waals surface area contributed by atoms with Crippen LogP contribution in [0.2, 0.25) is 0 Å². The highest BCUT2D eigenvalue weighted by molar-refractivity contribution is 6.04. The fraction of sp³-hybridized carbons (Fsp3) is 0.429. The maximum Gasteiger partial charge on any atom is 0.336 e. The minimum absolute atomic E-state index is 0.168. The van der Waals surface area contributed by atoms with E-state index >= 15 is 0 Å². The summed E-state index contributed by atoms with van der Waals surface area (Å²) in [5.74, 6) is -2.17. The summed E-state index contributed by atoms with van der Waals surface area (Å²) in [6.07, 6.45) is -5.99. The third kappa shape index (κ3) is 3.49. The molecule has 0 aliphatic carbocycles. The third-order valence-electron chi connectivity index (χ3n) is 3.60. The van der Waals surface area contributed by atoms with Crippen LogP contribution in [0.3, 0.4) is 0 Å². The molecule has 1 amide bonds. The van der Waals surface area contributed by atoms with E-state index in [1.165, 1.54) is 24.3 Å². The summed E-state index contributed by atoms with van der Waals surface area (Å²) in [5.41, 5.74) is -0.419. The first-order chi connectivity index (χ1) is 10.9. The molecule has 1 aromatic rings. The van der Waals surface area contributed by atoms with E-state index in [0.29, 0.717) is 0 Å². The van der Waals surface area contributed by atoms with Crippen molar-refractivity contribution in [2.24, 2.45) is 0 Å². The molecule has 126 valence electrons. The Kier molecular flexibility index (Phi) is 5.29. The number of carbonyl (C=O) groups excluding carboxylic acids is 1. The van der Waals surface area contributed by atoms with Crippen LogP contribution in [0.4, 0.5) is 0 Å². The molecule has 0 saturated carbocycles. The van der Waals surface area contributed by atoms with Gasteiger partial charge in [-0.05, 0) is 12.1 Å². The maximum atomic E-state index is 12.2. The quantitative estimate of drug-likeness (QED) is 0.368. The molecule has 1 saturated heterocycles. The molecule has 1 aromatic carbocycles. The average Bonchev–Trinajstić information content (AvgIpc) is 2.54. The molecule has 0 radical (unpaired) electrons. The number of aromatic carboxylic acids is 1. The maximum absolute atomic E-state index is 12.2. The number of amides is 1. The summed E-state index contributed by atoms with van der Waals surface area (Å²) in [5, 5.41) is 49.8. The largest absolute Gasteiger partial charge is 0.478 e. The van der Waals surface area contributed by atoms with E-state index in [4.69, 9.17) is 14.9 Å². The summed E-state index contributed by atoms with van der Waals surface area (Å²) in [6, 6.07) is 4.03. The highest BCUT2D eigenvalue weighted by Gasteiger charge is 2.44. The number of aliphatic hydroxyl groups excluding tert-OH is 4. The minimum atomic E-state index is -1.67. The Labute approximate surface area is 130 Å². The van der Waals surface area contributed by atoms with Crippen LogP contribution >= 0.6 is 0 Å². The molecule has 1 fully saturated rings. The van der Waals surface area contributed by atoms with Gasteiger partial charge in [0, 0.05) is 0 Å². The van der Waals surface area contributed by atoms with Crippen LogP contribution in [-0.4, -0.2) is 74.7 Å². The predicted octanol–water partition coefficient (Wildman–Crippen LogP) is -2.09. The molecule has 0 spiro atoms. The Morgan fingerprint density at radius 3 is 2.26 bits per heavy atom. The molecule has 0 bridgehead atoms. The molecule has 9 heteroatoms. The van der Waals surface area contributed by atoms with Gasteiger partial charge in [-0.2, -0.15) is 0 Å². The van der Waals surface area contributed by atoms with Gasteiger partial charge in [0.1, 0.15) is 24.4 Å². The molecule has 6 N–H and O–H groups in total. The summed E-state index contributed by atoms with van der Waals surface area (Å²) in [6.45, 7) is -0.627. The lowest BCUT2D eigenvalue weighted by molar-refractivity contribution is -0.252. The van der Waals surface area contributed by atoms with Gasteiger partial charge in [0.2, 0.25) is 0 Å². The second kappa shape index (κ2) is 7.02. The average molecular weight is 327 g/mol. The third-order valence-corrected chi connectivity index (χ3v) is 3.60. The molecule has 0 aromatic heterocycles. The number of carboxylic acids is 1. The van der Waals surface area contributed by atoms with Crippen molar-refractivity contribution in [3.63, 3.8) is 0 Å². The Morgan fingerprint density at radius 2 is 1.70 bits per heavy atom. The lowest BCUT2D eigenvalue weighted by Crippen LogP contribution is -2.64. The number of carbonyl (C=O) groups is 2. The molecular formula is C14H17NO8. The number of rotatable bonds is 4. The topological polar surface area (TPSA) is 157 Å². The Morgan fingerprint density at radius 1 is 1.09 bits per heavy atom. The van der Waals surface area contributed by atoms with Gasteiger partial charge in [-0.3, -0.25) is 4.79 Å². The number of hydrogen-bond acceptors (Lipinski definition) is 7. The van der Waals surface area contributed by atoms with Crippen LogP contribution in [0.25, 0.3) is 0 Å². The molecule has 5 unspecified atom stereocenters. The van der Waals surface area contributed by atoms with E-state index < -0.39 is 49.1 Å². The van der Waals surface area contributed by atoms with Crippen LogP contribution in [0.15, 0.2) is 24.3 Å². The van der Waals surface area contributed by atoms with Crippen LogP contribution in [0.1, 0.15) is 20.7 Å². The Hall–Kier alpha value is -2.04. The first-order valence-corrected chi connectivity index (χ1v) is 6.80. The molecule has 1 aliphatic heterocycles. The van der Waals surface area contributed by atoms with Crippen LogP contribution in [-0.2, 0) is 4.74 Å². The van der Waals surface area contributed by atoms with Crippen molar-refractivity contribution < 1.29 is 39.9 Å². The van der Waals surface area contributed by atoms with Crippen molar-refractivity contribution >= 4 is 11.9 Å². The summed E-state index contributed by atoms with van der Waals surface area (Å²) >= 11 is 0. The Balaban J connectivity index is 2.19. The summed E-state index contributed by atoms with van der Waals surface area (Å²) in [7, 11) is 0. The molecular weight excluding hydrogens is 310 g/mol. The molecule has 9 nitrogen and oxygen atoms in total. The monoisotopic (exact) mass is 327 g/mol. The molecule has 23 heavy (non-hydrogen) atoms. The predicted molar refractivity (Wildman–Crippen MR) is 74.6 cm³/mol. The SMILES string of the molecule is O=C(O)c1ccccc1C(=O)NC1C(O)OC(CO)C(O)C1O. The van der Waals surface area contributed by atoms with Gasteiger partial charge >= 0.3 is 5.97 Å². The highest BCUT2D eigenvalue weighted by atomic mass is 16.6. The van der Waals surface area contributed by atoms with Crippen molar-refractivity contribution in [1.82, 2.24) is 5.32 Å². The number of aliphatic hydroxyl groups is 4. The van der Waals surface area contributed by atoms with Crippen LogP contribution < -0.4 is 5.32 Å². The lowest BCUT2D eigenvalue weighted by atomic mass is 9.96. The number of benzene rings is 1. The molecule has 1 heterocycles. The first kappa shape index (κ1) is 17.3. The highest BCUT2D eigenvalue weighted by Crippen LogP contribution is 2.20. The first-order valence-electron chi connectivity index (χ1n) is 6.80. The van der Waals surface area contributed by atoms with Crippen molar-refractivity contribution in [2.45, 2.75) is 30.6 Å². The second-order valence-corrected chi connectivity index (χ2v) is 5.08. The standard InChI is InChI=1S/C14H17NO8/c16-5-8-10(17)11(18)9(14(22)23-8)15-12(19)6-3-1-2-4-7(6)13(20)21/h1-4,8-11,14,16-18,22H,5H2,(H,15,19)(H,20,21). The van der Waals surface area contributed by atoms with E-state index in [9.17, 15) is 24.9 Å². The lowest BCUT2D eigenvalue weighted by Gasteiger charge is -2.40. The van der Waals surface area contributed by atoms with E-state index in [0.717, 1.165) is 0 Å². The van der Waals surface area contributed by atoms with Crippen molar-refractivity contribution in [2.75, 3.05) is 6.61 Å². The van der Waals surface area contributed by atoms with Crippen molar-refractivity contribution in [3.8, 4) is 0 Å². The van der Waals surface area contributed by atoms with E-state index in [1.54, 1.807) is 0 Å². The second-order valence-electron chi connectivity index (χ2n) is 5.08. The zero-order valence-electron chi connectivity index (χ0n) is 11.9. The van der Waals surface area contributed by atoms with Gasteiger partial charge in [0.05, 0.1) is 17.7 Å². The normalized spacial score (nSPS) is 30.7. The molecule has 2 rings (SSSR count). The number of hydrogen-bond donors (Lipinski definition) is 6. The van der Waals surface area contributed by atoms with Gasteiger partial charge in [0.25, 0.3) is 5.91 Å². The van der Waals surface area contributed by atoms with Crippen LogP contribution in [0.5, 0.6) is 0 Å². The van der Waals surface area contributed by atoms with E-state index in [2.05, 4.69) is 5.32 Å². The smallest absolute Gasteiger partial charge is 0.336 e. The van der Waals surface area contributed by atoms with Gasteiger partial charge < -0.3 is 35.6 Å². The fourth-order valence-corrected chi connectivity index (χ4v) is 2.35. The van der Waals surface area contributed by atoms with Gasteiger partial charge in [-0.15, -0.1) is 0 Å². The minimum Gasteiger partial charge on any atom is -0.478 e. The zero-order chi connectivity index (χ0) is 17.1. The number of nitrogens with one attached hydrogen (secondary N) is 1.